The molecule has 0 aliphatic carbocycles. The summed E-state index contributed by atoms with van der Waals surface area (Å²) in [5.41, 5.74) is 1.09. The zero-order chi connectivity index (χ0) is 28.1. The molecule has 0 bridgehead atoms. The molecule has 0 radical (unpaired) electrons. The van der Waals surface area contributed by atoms with E-state index < -0.39 is 17.6 Å². The molecule has 0 unspecified atom stereocenters. The molecular weight excluding hydrogens is 530 g/mol. The van der Waals surface area contributed by atoms with E-state index in [0.717, 1.165) is 18.3 Å². The third-order valence-corrected chi connectivity index (χ3v) is 5.97. The van der Waals surface area contributed by atoms with Gasteiger partial charge in [-0.1, -0.05) is 12.1 Å². The molecule has 40 heavy (non-hydrogen) atoms. The number of azo groups is 1. The summed E-state index contributed by atoms with van der Waals surface area (Å²) in [7, 11) is 0. The van der Waals surface area contributed by atoms with Crippen LogP contribution in [0.4, 0.5) is 40.7 Å². The molecule has 206 valence electrons. The summed E-state index contributed by atoms with van der Waals surface area (Å²) < 4.78 is 60.2. The molecule has 1 fully saturated rings. The molecule has 4 aromatic rings. The monoisotopic (exact) mass is 553 g/mol. The van der Waals surface area contributed by atoms with Gasteiger partial charge in [0.25, 0.3) is 5.95 Å². The molecule has 0 amide bonds. The Bertz CT molecular complexity index is 1510. The second-order valence-electron chi connectivity index (χ2n) is 8.85. The third kappa shape index (κ3) is 6.67. The first-order valence-corrected chi connectivity index (χ1v) is 12.2. The quantitative estimate of drug-likeness (QED) is 0.205. The summed E-state index contributed by atoms with van der Waals surface area (Å²) in [6, 6.07) is 12.9. The first-order chi connectivity index (χ1) is 19.2. The Kier molecular flexibility index (Phi) is 7.82. The Morgan fingerprint density at radius 2 is 1.77 bits per heavy atom. The normalized spacial score (nSPS) is 14.1. The Morgan fingerprint density at radius 3 is 2.50 bits per heavy atom. The summed E-state index contributed by atoms with van der Waals surface area (Å²) in [6.07, 6.45) is -2.05. The maximum Gasteiger partial charge on any atom is 0.416 e. The van der Waals surface area contributed by atoms with Crippen molar-refractivity contribution in [3.63, 3.8) is 0 Å². The van der Waals surface area contributed by atoms with E-state index >= 15 is 0 Å². The van der Waals surface area contributed by atoms with Crippen LogP contribution < -0.4 is 10.2 Å². The van der Waals surface area contributed by atoms with Gasteiger partial charge in [-0.3, -0.25) is 4.98 Å². The predicted molar refractivity (Wildman–Crippen MR) is 139 cm³/mol. The number of ether oxygens (including phenoxy) is 1. The van der Waals surface area contributed by atoms with Gasteiger partial charge >= 0.3 is 6.18 Å². The number of nitrogens with zero attached hydrogens (tertiary/aromatic N) is 6. The average molecular weight is 554 g/mol. The molecule has 3 heterocycles. The minimum atomic E-state index is -4.56. The molecule has 1 aliphatic rings. The molecule has 0 spiro atoms. The van der Waals surface area contributed by atoms with Crippen molar-refractivity contribution in [1.29, 1.82) is 0 Å². The highest BCUT2D eigenvalue weighted by Crippen LogP contribution is 2.36. The number of aromatic nitrogens is 3. The van der Waals surface area contributed by atoms with Crippen LogP contribution in [0.1, 0.15) is 11.3 Å². The highest BCUT2D eigenvalue weighted by Gasteiger charge is 2.31. The largest absolute Gasteiger partial charge is 0.508 e. The van der Waals surface area contributed by atoms with Gasteiger partial charge in [0.1, 0.15) is 12.3 Å². The Labute approximate surface area is 226 Å². The van der Waals surface area contributed by atoms with Crippen LogP contribution in [0.25, 0.3) is 11.1 Å². The number of anilines is 3. The summed E-state index contributed by atoms with van der Waals surface area (Å²) in [4.78, 5) is 14.0. The van der Waals surface area contributed by atoms with E-state index in [-0.39, 0.29) is 35.3 Å². The van der Waals surface area contributed by atoms with Gasteiger partial charge in [0.05, 0.1) is 42.6 Å². The van der Waals surface area contributed by atoms with Crippen LogP contribution in [0.5, 0.6) is 5.75 Å². The van der Waals surface area contributed by atoms with Crippen LogP contribution in [0.3, 0.4) is 0 Å². The zero-order valence-electron chi connectivity index (χ0n) is 20.9. The minimum absolute atomic E-state index is 0.00765. The van der Waals surface area contributed by atoms with Gasteiger partial charge in [0, 0.05) is 18.8 Å². The lowest BCUT2D eigenvalue weighted by Crippen LogP contribution is -2.37. The van der Waals surface area contributed by atoms with Crippen molar-refractivity contribution in [2.45, 2.75) is 12.7 Å². The Hall–Kier alpha value is -4.65. The predicted octanol–water partition coefficient (Wildman–Crippen LogP) is 6.27. The fraction of sp³-hybridized carbons (Fsp3) is 0.222. The van der Waals surface area contributed by atoms with Crippen LogP contribution in [0, 0.1) is 5.82 Å². The molecule has 1 aliphatic heterocycles. The number of halogens is 4. The van der Waals surface area contributed by atoms with Crippen molar-refractivity contribution in [3.8, 4) is 16.9 Å². The second-order valence-corrected chi connectivity index (χ2v) is 8.85. The van der Waals surface area contributed by atoms with Gasteiger partial charge in [-0.15, -0.1) is 5.11 Å². The van der Waals surface area contributed by atoms with E-state index in [0.29, 0.717) is 43.2 Å². The fourth-order valence-electron chi connectivity index (χ4n) is 4.04. The lowest BCUT2D eigenvalue weighted by atomic mass is 10.0. The van der Waals surface area contributed by atoms with E-state index in [2.05, 4.69) is 30.5 Å². The highest BCUT2D eigenvalue weighted by molar-refractivity contribution is 5.73. The number of benzene rings is 2. The van der Waals surface area contributed by atoms with E-state index in [1.807, 2.05) is 0 Å². The van der Waals surface area contributed by atoms with Crippen molar-refractivity contribution >= 4 is 23.1 Å². The fourth-order valence-corrected chi connectivity index (χ4v) is 4.04. The molecule has 2 aromatic heterocycles. The van der Waals surface area contributed by atoms with Gasteiger partial charge in [0.15, 0.2) is 11.6 Å². The zero-order valence-corrected chi connectivity index (χ0v) is 20.9. The van der Waals surface area contributed by atoms with E-state index in [1.165, 1.54) is 18.3 Å². The molecule has 0 saturated carbocycles. The lowest BCUT2D eigenvalue weighted by molar-refractivity contribution is -0.137. The number of hydrogen-bond acceptors (Lipinski definition) is 9. The summed E-state index contributed by atoms with van der Waals surface area (Å²) in [5.74, 6) is -0.457. The van der Waals surface area contributed by atoms with Crippen LogP contribution in [-0.4, -0.2) is 46.4 Å². The molecule has 9 nitrogen and oxygen atoms in total. The number of rotatable bonds is 7. The number of hydrogen-bond donors (Lipinski definition) is 2. The van der Waals surface area contributed by atoms with Crippen LogP contribution in [-0.2, 0) is 17.5 Å². The number of aromatic hydroxyl groups is 1. The Morgan fingerprint density at radius 1 is 0.950 bits per heavy atom. The Balaban J connectivity index is 1.27. The van der Waals surface area contributed by atoms with Crippen molar-refractivity contribution in [2.75, 3.05) is 36.5 Å². The van der Waals surface area contributed by atoms with Gasteiger partial charge in [-0.05, 0) is 53.6 Å². The lowest BCUT2D eigenvalue weighted by Gasteiger charge is -2.27. The number of phenols is 1. The SMILES string of the molecule is Oc1cccc(-c2cc(Nc3ccc(CN=Nc4ncc(F)c(N5CCOCC5)n4)nc3)cc(C(F)(F)F)c2)c1. The van der Waals surface area contributed by atoms with Gasteiger partial charge < -0.3 is 20.1 Å². The molecule has 13 heteroatoms. The summed E-state index contributed by atoms with van der Waals surface area (Å²) in [5, 5.41) is 20.7. The van der Waals surface area contributed by atoms with Crippen LogP contribution >= 0.6 is 0 Å². The van der Waals surface area contributed by atoms with Gasteiger partial charge in [-0.25, -0.2) is 9.37 Å². The molecule has 5 rings (SSSR count). The smallest absolute Gasteiger partial charge is 0.416 e. The first-order valence-electron chi connectivity index (χ1n) is 12.2. The summed E-state index contributed by atoms with van der Waals surface area (Å²) >= 11 is 0. The van der Waals surface area contributed by atoms with Crippen molar-refractivity contribution in [3.05, 3.63) is 84.1 Å². The van der Waals surface area contributed by atoms with Gasteiger partial charge in [-0.2, -0.15) is 23.3 Å². The minimum Gasteiger partial charge on any atom is -0.508 e. The number of alkyl halides is 3. The molecule has 0 atom stereocenters. The number of pyridine rings is 1. The van der Waals surface area contributed by atoms with E-state index in [1.54, 1.807) is 35.2 Å². The third-order valence-electron chi connectivity index (χ3n) is 5.97. The van der Waals surface area contributed by atoms with E-state index in [4.69, 9.17) is 4.74 Å². The topological polar surface area (TPSA) is 108 Å². The average Bonchev–Trinajstić information content (AvgIpc) is 2.95. The summed E-state index contributed by atoms with van der Waals surface area (Å²) in [6.45, 7) is 2.05. The van der Waals surface area contributed by atoms with Crippen molar-refractivity contribution < 1.29 is 27.4 Å². The maximum atomic E-state index is 14.2. The first kappa shape index (κ1) is 26.9. The molecular formula is C27H23F4N7O2. The highest BCUT2D eigenvalue weighted by atomic mass is 19.4. The van der Waals surface area contributed by atoms with Crippen LogP contribution in [0.15, 0.2) is 77.2 Å². The number of nitrogens with one attached hydrogen (secondary N) is 1. The molecule has 2 N–H and O–H groups in total. The van der Waals surface area contributed by atoms with Crippen LogP contribution in [0.2, 0.25) is 0 Å². The second kappa shape index (κ2) is 11.6. The van der Waals surface area contributed by atoms with Crippen molar-refractivity contribution in [1.82, 2.24) is 15.0 Å². The standard InChI is InChI=1S/C27H23F4N7O2/c28-24-16-33-26(36-25(24)38-6-8-40-9-7-38)37-34-15-20-4-5-21(14-32-20)35-22-11-18(10-19(13-22)27(29,30)31)17-2-1-3-23(39)12-17/h1-5,10-14,16,35,39H,6-9,15H2. The molecule has 1 saturated heterocycles. The van der Waals surface area contributed by atoms with Crippen molar-refractivity contribution in [2.24, 2.45) is 10.2 Å². The number of morpholine rings is 1. The number of phenolic OH excluding ortho intramolecular Hbond substituents is 1. The molecule has 2 aromatic carbocycles. The van der Waals surface area contributed by atoms with E-state index in [9.17, 15) is 22.7 Å². The van der Waals surface area contributed by atoms with Gasteiger partial charge in [0.2, 0.25) is 0 Å². The maximum absolute atomic E-state index is 14.2.